The minimum atomic E-state index is -2.50. The van der Waals surface area contributed by atoms with E-state index in [1.165, 1.54) is 0 Å². The molecule has 0 saturated carbocycles. The quantitative estimate of drug-likeness (QED) is 0.0417. The van der Waals surface area contributed by atoms with E-state index in [0.717, 1.165) is 49.7 Å². The monoisotopic (exact) mass is 1490 g/mol. The first kappa shape index (κ1) is 81.2. The van der Waals surface area contributed by atoms with E-state index in [0.29, 0.717) is 45.5 Å². The number of hydrogen-bond acceptors (Lipinski definition) is 14. The van der Waals surface area contributed by atoms with Crippen LogP contribution in [-0.4, -0.2) is 172 Å². The van der Waals surface area contributed by atoms with Gasteiger partial charge in [-0.1, -0.05) is 147 Å². The summed E-state index contributed by atoms with van der Waals surface area (Å²) in [6.07, 6.45) is 5.70. The summed E-state index contributed by atoms with van der Waals surface area (Å²) in [6.45, 7) is 70.8. The third-order valence-electron chi connectivity index (χ3n) is 24.0. The molecule has 17 atom stereocenters. The minimum Gasteiger partial charge on any atom is -0.414 e. The Kier molecular flexibility index (Phi) is 27.9. The van der Waals surface area contributed by atoms with E-state index in [1.54, 1.807) is 7.11 Å². The van der Waals surface area contributed by atoms with Crippen LogP contribution in [-0.2, 0) is 64.8 Å². The Labute approximate surface area is 580 Å². The first-order valence-corrected chi connectivity index (χ1v) is 51.3. The van der Waals surface area contributed by atoms with E-state index in [9.17, 15) is 0 Å². The minimum absolute atomic E-state index is 0.00240. The summed E-state index contributed by atoms with van der Waals surface area (Å²) < 4.78 is 93.6. The number of hydrogen-bond donors (Lipinski definition) is 0. The smallest absolute Gasteiger partial charge is 0.193 e. The summed E-state index contributed by atoms with van der Waals surface area (Å²) in [7, 11) is -10.0. The lowest BCUT2D eigenvalue weighted by Gasteiger charge is -2.56. The van der Waals surface area contributed by atoms with Gasteiger partial charge in [-0.25, -0.2) is 0 Å². The zero-order valence-electron chi connectivity index (χ0n) is 63.2. The second-order valence-electron chi connectivity index (χ2n) is 36.2. The lowest BCUT2D eigenvalue weighted by molar-refractivity contribution is -0.266. The van der Waals surface area contributed by atoms with Crippen LogP contribution >= 0.6 is 22.6 Å². The van der Waals surface area contributed by atoms with Gasteiger partial charge in [-0.2, -0.15) is 0 Å². The van der Waals surface area contributed by atoms with Crippen LogP contribution in [0.15, 0.2) is 34.5 Å². The van der Waals surface area contributed by atoms with Crippen LogP contribution in [0.2, 0.25) is 90.7 Å². The number of halogens is 1. The van der Waals surface area contributed by atoms with Crippen LogP contribution in [0.3, 0.4) is 0 Å². The van der Waals surface area contributed by atoms with Crippen LogP contribution < -0.4 is 0 Å². The summed E-state index contributed by atoms with van der Waals surface area (Å²) >= 11 is 2.32. The van der Waals surface area contributed by atoms with Gasteiger partial charge < -0.3 is 60.0 Å². The third-order valence-corrected chi connectivity index (χ3v) is 46.9. The molecule has 0 amide bonds. The van der Waals surface area contributed by atoms with Crippen LogP contribution in [0.25, 0.3) is 0 Å². The van der Waals surface area contributed by atoms with Crippen molar-refractivity contribution < 1.29 is 64.8 Å². The van der Waals surface area contributed by atoms with E-state index in [-0.39, 0.29) is 123 Å². The van der Waals surface area contributed by atoms with Gasteiger partial charge >= 0.3 is 0 Å². The summed E-state index contributed by atoms with van der Waals surface area (Å²) in [6, 6.07) is 0. The standard InChI is InChI=1S/C72H135IO14Si5/c1-47-40-51(30-33-56-48(2)41-52(79-56)32-35-62-76-38-39-77-62)80-59(49(47)3)45-60-55(63(75-19)61(82-60)44-54(84-89(22,23)69(7,8)9)46-78-88(20,21)68(4,5)6)43-50(74)42-53-31-34-57-64(81-53)66(86-91(26,27)71(13,14)15)67(87-92(28,29)72(16,17)18)65(83-57)58(36-37-73)85-90(24,25)70(10,11)12/h36-37,47,51-67H,2-3,30-35,38-46H2,1,4-29H3/b37-36+/t47-,51+,52+,53-,54+,55+,56+,57+,58+,59-,60+,61-,63-,64+,65+,66?,67?/m1/s1. The Morgan fingerprint density at radius 3 is 1.71 bits per heavy atom. The molecule has 0 aromatic rings. The second kappa shape index (κ2) is 31.6. The third kappa shape index (κ3) is 20.7. The average Bonchev–Trinajstić information content (AvgIpc) is 0.957. The highest BCUT2D eigenvalue weighted by atomic mass is 127. The molecule has 0 radical (unpaired) electrons. The molecule has 20 heteroatoms. The van der Waals surface area contributed by atoms with Crippen molar-refractivity contribution in [1.29, 1.82) is 0 Å². The fourth-order valence-electron chi connectivity index (χ4n) is 12.8. The number of ketones is 1. The Hall–Kier alpha value is 0.184. The van der Waals surface area contributed by atoms with Crippen molar-refractivity contribution in [2.45, 2.75) is 376 Å². The normalized spacial score (nSPS) is 32.2. The molecule has 6 saturated heterocycles. The van der Waals surface area contributed by atoms with Gasteiger partial charge in [0.25, 0.3) is 0 Å². The Bertz CT molecular complexity index is 2430. The molecule has 534 valence electrons. The van der Waals surface area contributed by atoms with Crippen LogP contribution in [0.4, 0.5) is 0 Å². The van der Waals surface area contributed by atoms with Crippen LogP contribution in [0, 0.1) is 11.8 Å². The molecule has 14 nitrogen and oxygen atoms in total. The molecule has 0 N–H and O–H groups in total. The molecule has 0 aromatic heterocycles. The molecule has 92 heavy (non-hydrogen) atoms. The topological polar surface area (TPSA) is 137 Å². The molecule has 6 heterocycles. The van der Waals surface area contributed by atoms with Gasteiger partial charge in [-0.05, 0) is 163 Å². The fraction of sp³-hybridized carbons (Fsp3) is 0.903. The molecule has 6 rings (SSSR count). The van der Waals surface area contributed by atoms with Crippen molar-refractivity contribution in [1.82, 2.24) is 0 Å². The van der Waals surface area contributed by atoms with Crippen molar-refractivity contribution in [3.05, 3.63) is 34.5 Å². The second-order valence-corrected chi connectivity index (χ2v) is 60.8. The number of Topliss-reactive ketones (excluding diaryl/α,β-unsaturated/α-hetero) is 1. The Balaban J connectivity index is 1.31. The molecule has 6 aliphatic heterocycles. The van der Waals surface area contributed by atoms with Crippen molar-refractivity contribution in [3.63, 3.8) is 0 Å². The lowest BCUT2D eigenvalue weighted by atomic mass is 9.81. The van der Waals surface area contributed by atoms with E-state index < -0.39 is 72.1 Å². The van der Waals surface area contributed by atoms with Crippen molar-refractivity contribution in [3.8, 4) is 0 Å². The van der Waals surface area contributed by atoms with Gasteiger partial charge in [0.15, 0.2) is 47.9 Å². The first-order valence-electron chi connectivity index (χ1n) is 35.6. The van der Waals surface area contributed by atoms with Gasteiger partial charge in [0.1, 0.15) is 30.2 Å². The number of methoxy groups -OCH3 is 1. The maximum atomic E-state index is 15.4. The Morgan fingerprint density at radius 1 is 0.609 bits per heavy atom. The maximum absolute atomic E-state index is 15.4. The van der Waals surface area contributed by atoms with Gasteiger partial charge in [0.2, 0.25) is 0 Å². The average molecular weight is 1490 g/mol. The zero-order chi connectivity index (χ0) is 69.3. The summed E-state index contributed by atoms with van der Waals surface area (Å²) in [4.78, 5) is 15.4. The summed E-state index contributed by atoms with van der Waals surface area (Å²) in [5.74, 6) is 0.0816. The fourth-order valence-corrected chi connectivity index (χ4v) is 19.5. The molecule has 2 unspecified atom stereocenters. The van der Waals surface area contributed by atoms with E-state index in [4.69, 9.17) is 66.6 Å². The number of rotatable bonds is 28. The van der Waals surface area contributed by atoms with E-state index in [1.807, 2.05) is 0 Å². The highest BCUT2D eigenvalue weighted by Gasteiger charge is 2.59. The number of ether oxygens (including phenoxy) is 8. The Morgan fingerprint density at radius 2 is 1.15 bits per heavy atom. The highest BCUT2D eigenvalue weighted by Crippen LogP contribution is 2.50. The maximum Gasteiger partial charge on any atom is 0.193 e. The van der Waals surface area contributed by atoms with Crippen molar-refractivity contribution in [2.75, 3.05) is 26.9 Å². The number of carbonyl (C=O) groups excluding carboxylic acids is 1. The molecule has 6 fully saturated rings. The highest BCUT2D eigenvalue weighted by molar-refractivity contribution is 14.1. The van der Waals surface area contributed by atoms with Gasteiger partial charge in [-0.3, -0.25) is 4.79 Å². The van der Waals surface area contributed by atoms with Crippen LogP contribution in [0.5, 0.6) is 0 Å². The number of fused-ring (bicyclic) bond motifs is 1. The van der Waals surface area contributed by atoms with Crippen LogP contribution in [0.1, 0.15) is 188 Å². The molecule has 0 aromatic carbocycles. The first-order chi connectivity index (χ1) is 42.0. The van der Waals surface area contributed by atoms with Gasteiger partial charge in [-0.15, -0.1) is 0 Å². The van der Waals surface area contributed by atoms with Gasteiger partial charge in [0.05, 0.1) is 87.0 Å². The number of carbonyl (C=O) groups is 1. The predicted octanol–water partition coefficient (Wildman–Crippen LogP) is 18.4. The van der Waals surface area contributed by atoms with Crippen molar-refractivity contribution in [2.24, 2.45) is 11.8 Å². The predicted molar refractivity (Wildman–Crippen MR) is 396 cm³/mol. The van der Waals surface area contributed by atoms with Gasteiger partial charge in [0, 0.05) is 45.1 Å². The molecular weight excluding hydrogens is 1360 g/mol. The molecule has 0 bridgehead atoms. The van der Waals surface area contributed by atoms with Crippen molar-refractivity contribution >= 4 is 70.0 Å². The molecular formula is C72H135IO14Si5. The van der Waals surface area contributed by atoms with E-state index in [2.05, 4.69) is 216 Å². The largest absolute Gasteiger partial charge is 0.414 e. The molecule has 0 aliphatic carbocycles. The summed E-state index contributed by atoms with van der Waals surface area (Å²) in [5, 5.41) is -0.257. The zero-order valence-corrected chi connectivity index (χ0v) is 70.3. The molecule has 6 aliphatic rings. The summed E-state index contributed by atoms with van der Waals surface area (Å²) in [5.41, 5.74) is 2.23. The molecule has 0 spiro atoms. The lowest BCUT2D eigenvalue weighted by Crippen LogP contribution is -2.69. The van der Waals surface area contributed by atoms with E-state index >= 15 is 4.79 Å². The SMILES string of the molecule is C=C1C[C@H](CCC2OCCO2)O[C@H]1CC[C@H]1C[C@@H](C)C(=C)[C@@H](C[C@@H]2O[C@H](C[C@@H](CO[Si](C)(C)C(C)(C)C)O[Si](C)(C)C(C)(C)C)[C@H](OC)[C@H]2CC(=O)C[C@H]2CC[C@@H]3O[C@@H]([C@H](/C=C/I)O[Si](C)(C)C(C)(C)C)C(O[Si](C)(C)C(C)(C)C)C(O[Si](C)(C)C(C)(C)C)[C@H]3O2)O1.